The number of carbonyl (C=O) groups excluding carboxylic acids is 1. The van der Waals surface area contributed by atoms with Gasteiger partial charge in [-0.05, 0) is 50.3 Å². The number of ether oxygens (including phenoxy) is 1. The van der Waals surface area contributed by atoms with Gasteiger partial charge in [0.05, 0.1) is 0 Å². The summed E-state index contributed by atoms with van der Waals surface area (Å²) < 4.78 is 5.82. The Labute approximate surface area is 135 Å². The quantitative estimate of drug-likeness (QED) is 0.734. The molecule has 124 valence electrons. The summed E-state index contributed by atoms with van der Waals surface area (Å²) in [5, 5.41) is 3.03. The van der Waals surface area contributed by atoms with Crippen LogP contribution in [0.2, 0.25) is 0 Å². The highest BCUT2D eigenvalue weighted by atomic mass is 16.5. The first-order chi connectivity index (χ1) is 10.5. The minimum Gasteiger partial charge on any atom is -0.481 e. The fourth-order valence-electron chi connectivity index (χ4n) is 2.43. The molecule has 0 heterocycles. The van der Waals surface area contributed by atoms with Crippen molar-refractivity contribution in [2.75, 3.05) is 6.54 Å². The molecule has 3 heteroatoms. The summed E-state index contributed by atoms with van der Waals surface area (Å²) in [6, 6.07) is 5.93. The summed E-state index contributed by atoms with van der Waals surface area (Å²) in [6.45, 7) is 11.0. The molecule has 0 spiro atoms. The number of aryl methyl sites for hydroxylation is 1. The Kier molecular flexibility index (Phi) is 8.00. The number of amides is 1. The molecule has 0 fully saturated rings. The number of hydrogen-bond acceptors (Lipinski definition) is 2. The van der Waals surface area contributed by atoms with Crippen molar-refractivity contribution in [2.24, 2.45) is 5.92 Å². The largest absolute Gasteiger partial charge is 0.481 e. The molecule has 3 nitrogen and oxygen atoms in total. The second kappa shape index (κ2) is 9.50. The zero-order chi connectivity index (χ0) is 16.5. The second-order valence-electron chi connectivity index (χ2n) is 6.12. The normalized spacial score (nSPS) is 13.5. The summed E-state index contributed by atoms with van der Waals surface area (Å²) in [5.41, 5.74) is 2.27. The van der Waals surface area contributed by atoms with Crippen LogP contribution in [0.25, 0.3) is 0 Å². The van der Waals surface area contributed by atoms with Gasteiger partial charge >= 0.3 is 0 Å². The lowest BCUT2D eigenvalue weighted by Crippen LogP contribution is -2.39. The molecule has 0 aliphatic rings. The van der Waals surface area contributed by atoms with Crippen LogP contribution >= 0.6 is 0 Å². The smallest absolute Gasteiger partial charge is 0.260 e. The Morgan fingerprint density at radius 3 is 2.64 bits per heavy atom. The molecule has 0 aromatic heterocycles. The molecule has 0 saturated carbocycles. The third kappa shape index (κ3) is 5.70. The lowest BCUT2D eigenvalue weighted by molar-refractivity contribution is -0.127. The molecule has 0 unspecified atom stereocenters. The Hall–Kier alpha value is -1.51. The monoisotopic (exact) mass is 305 g/mol. The van der Waals surface area contributed by atoms with Crippen LogP contribution in [0, 0.1) is 19.8 Å². The van der Waals surface area contributed by atoms with Gasteiger partial charge in [-0.2, -0.15) is 0 Å². The number of hydrogen-bond donors (Lipinski definition) is 1. The van der Waals surface area contributed by atoms with Gasteiger partial charge in [-0.25, -0.2) is 0 Å². The van der Waals surface area contributed by atoms with Gasteiger partial charge in [0.25, 0.3) is 5.91 Å². The van der Waals surface area contributed by atoms with Crippen LogP contribution in [0.3, 0.4) is 0 Å². The minimum atomic E-state index is -0.468. The van der Waals surface area contributed by atoms with Gasteiger partial charge < -0.3 is 10.1 Å². The van der Waals surface area contributed by atoms with Crippen molar-refractivity contribution in [3.05, 3.63) is 29.3 Å². The van der Waals surface area contributed by atoms with Crippen LogP contribution in [0.4, 0.5) is 0 Å². The highest BCUT2D eigenvalue weighted by Gasteiger charge is 2.17. The van der Waals surface area contributed by atoms with Gasteiger partial charge in [0.2, 0.25) is 0 Å². The van der Waals surface area contributed by atoms with Crippen LogP contribution < -0.4 is 10.1 Å². The van der Waals surface area contributed by atoms with Crippen LogP contribution in [-0.4, -0.2) is 18.6 Å². The topological polar surface area (TPSA) is 38.3 Å². The first-order valence-corrected chi connectivity index (χ1v) is 8.50. The standard InChI is InChI=1S/C19H31NO2/c1-6-8-11-17(7-2)13-20-19(21)16(5)22-18-12-9-10-14(3)15(18)4/h9-10,12,16-17H,6-8,11,13H2,1-5H3,(H,20,21)/t16-,17-/m1/s1. The maximum atomic E-state index is 12.2. The van der Waals surface area contributed by atoms with Crippen molar-refractivity contribution < 1.29 is 9.53 Å². The Morgan fingerprint density at radius 1 is 1.27 bits per heavy atom. The molecule has 2 atom stereocenters. The van der Waals surface area contributed by atoms with E-state index in [0.717, 1.165) is 24.3 Å². The van der Waals surface area contributed by atoms with Crippen molar-refractivity contribution in [1.82, 2.24) is 5.32 Å². The van der Waals surface area contributed by atoms with E-state index in [9.17, 15) is 4.79 Å². The molecule has 1 rings (SSSR count). The van der Waals surface area contributed by atoms with E-state index < -0.39 is 6.10 Å². The Balaban J connectivity index is 2.49. The average molecular weight is 305 g/mol. The third-order valence-electron chi connectivity index (χ3n) is 4.34. The van der Waals surface area contributed by atoms with Gasteiger partial charge in [-0.15, -0.1) is 0 Å². The van der Waals surface area contributed by atoms with E-state index in [1.807, 2.05) is 39.0 Å². The van der Waals surface area contributed by atoms with Crippen molar-refractivity contribution >= 4 is 5.91 Å². The molecule has 0 radical (unpaired) electrons. The lowest BCUT2D eigenvalue weighted by Gasteiger charge is -2.19. The fraction of sp³-hybridized carbons (Fsp3) is 0.632. The van der Waals surface area contributed by atoms with Crippen LogP contribution in [0.1, 0.15) is 57.6 Å². The van der Waals surface area contributed by atoms with E-state index in [4.69, 9.17) is 4.74 Å². The predicted octanol–water partition coefficient (Wildman–Crippen LogP) is 4.40. The molecule has 0 aliphatic heterocycles. The summed E-state index contributed by atoms with van der Waals surface area (Å²) in [5.74, 6) is 1.33. The molecule has 1 N–H and O–H groups in total. The number of benzene rings is 1. The molecule has 1 aromatic carbocycles. The van der Waals surface area contributed by atoms with Gasteiger partial charge in [-0.1, -0.05) is 45.2 Å². The maximum Gasteiger partial charge on any atom is 0.260 e. The first kappa shape index (κ1) is 18.5. The van der Waals surface area contributed by atoms with Crippen molar-refractivity contribution in [1.29, 1.82) is 0 Å². The Bertz CT molecular complexity index is 471. The fourth-order valence-corrected chi connectivity index (χ4v) is 2.43. The number of unbranched alkanes of at least 4 members (excludes halogenated alkanes) is 1. The Morgan fingerprint density at radius 2 is 2.00 bits per heavy atom. The predicted molar refractivity (Wildman–Crippen MR) is 92.3 cm³/mol. The first-order valence-electron chi connectivity index (χ1n) is 8.50. The van der Waals surface area contributed by atoms with Gasteiger partial charge in [0.15, 0.2) is 6.10 Å². The number of rotatable bonds is 9. The van der Waals surface area contributed by atoms with E-state index in [2.05, 4.69) is 19.2 Å². The maximum absolute atomic E-state index is 12.2. The second-order valence-corrected chi connectivity index (χ2v) is 6.12. The van der Waals surface area contributed by atoms with E-state index in [1.54, 1.807) is 0 Å². The number of nitrogens with one attached hydrogen (secondary N) is 1. The number of carbonyl (C=O) groups is 1. The zero-order valence-electron chi connectivity index (χ0n) is 14.7. The minimum absolute atomic E-state index is 0.0316. The molecule has 0 bridgehead atoms. The molecule has 22 heavy (non-hydrogen) atoms. The van der Waals surface area contributed by atoms with Crippen LogP contribution in [-0.2, 0) is 4.79 Å². The third-order valence-corrected chi connectivity index (χ3v) is 4.34. The highest BCUT2D eigenvalue weighted by molar-refractivity contribution is 5.80. The van der Waals surface area contributed by atoms with E-state index in [0.29, 0.717) is 5.92 Å². The average Bonchev–Trinajstić information content (AvgIpc) is 2.51. The molecule has 1 amide bonds. The highest BCUT2D eigenvalue weighted by Crippen LogP contribution is 2.21. The van der Waals surface area contributed by atoms with Gasteiger partial charge in [-0.3, -0.25) is 4.79 Å². The summed E-state index contributed by atoms with van der Waals surface area (Å²) in [7, 11) is 0. The van der Waals surface area contributed by atoms with Crippen LogP contribution in [0.5, 0.6) is 5.75 Å². The molecule has 0 saturated heterocycles. The molecular weight excluding hydrogens is 274 g/mol. The SMILES string of the molecule is CCCC[C@@H](CC)CNC(=O)[C@@H](C)Oc1cccc(C)c1C. The van der Waals surface area contributed by atoms with Gasteiger partial charge in [0, 0.05) is 6.54 Å². The summed E-state index contributed by atoms with van der Waals surface area (Å²) in [4.78, 5) is 12.2. The molecular formula is C19H31NO2. The summed E-state index contributed by atoms with van der Waals surface area (Å²) >= 11 is 0. The van der Waals surface area contributed by atoms with Crippen molar-refractivity contribution in [2.45, 2.75) is 66.4 Å². The van der Waals surface area contributed by atoms with E-state index in [-0.39, 0.29) is 5.91 Å². The molecule has 0 aliphatic carbocycles. The zero-order valence-corrected chi connectivity index (χ0v) is 14.7. The summed E-state index contributed by atoms with van der Waals surface area (Å²) in [6.07, 6.45) is 4.25. The van der Waals surface area contributed by atoms with E-state index >= 15 is 0 Å². The van der Waals surface area contributed by atoms with Crippen LogP contribution in [0.15, 0.2) is 18.2 Å². The van der Waals surface area contributed by atoms with Gasteiger partial charge in [0.1, 0.15) is 5.75 Å². The van der Waals surface area contributed by atoms with Crippen molar-refractivity contribution in [3.63, 3.8) is 0 Å². The molecule has 1 aromatic rings. The van der Waals surface area contributed by atoms with E-state index in [1.165, 1.54) is 24.8 Å². The lowest BCUT2D eigenvalue weighted by atomic mass is 9.99. The van der Waals surface area contributed by atoms with Crippen molar-refractivity contribution in [3.8, 4) is 5.75 Å².